The first kappa shape index (κ1) is 19.7. The maximum Gasteiger partial charge on any atom is 0.338 e. The van der Waals surface area contributed by atoms with Gasteiger partial charge in [-0.3, -0.25) is 0 Å². The Hall–Kier alpha value is -2.30. The summed E-state index contributed by atoms with van der Waals surface area (Å²) < 4.78 is 0. The van der Waals surface area contributed by atoms with Crippen molar-refractivity contribution in [3.8, 4) is 0 Å². The van der Waals surface area contributed by atoms with Gasteiger partial charge in [-0.15, -0.1) is 6.58 Å². The molecule has 0 fully saturated rings. The van der Waals surface area contributed by atoms with Crippen LogP contribution in [0.1, 0.15) is 52.5 Å². The van der Waals surface area contributed by atoms with E-state index in [4.69, 9.17) is 10.2 Å². The number of carbonyl (C=O) groups is 2. The normalized spacial score (nSPS) is 9.45. The number of hydrogen-bond donors (Lipinski definition) is 2. The van der Waals surface area contributed by atoms with Crippen LogP contribution in [0.3, 0.4) is 0 Å². The number of allylic oxidation sites excluding steroid dienone is 1. The maximum absolute atomic E-state index is 11.1. The topological polar surface area (TPSA) is 77.8 Å². The van der Waals surface area contributed by atoms with E-state index in [1.165, 1.54) is 38.3 Å². The molecule has 122 valence electrons. The van der Waals surface area contributed by atoms with Crippen LogP contribution in [0, 0.1) is 6.92 Å². The molecular formula is C17H25NO4. The summed E-state index contributed by atoms with van der Waals surface area (Å²) in [6, 6.07) is 2.92. The first-order valence-corrected chi connectivity index (χ1v) is 7.16. The van der Waals surface area contributed by atoms with Crippen molar-refractivity contribution in [1.29, 1.82) is 0 Å². The summed E-state index contributed by atoms with van der Waals surface area (Å²) in [5.74, 6) is -2.24. The van der Waals surface area contributed by atoms with Crippen LogP contribution >= 0.6 is 0 Å². The van der Waals surface area contributed by atoms with Crippen LogP contribution in [0.2, 0.25) is 0 Å². The predicted molar refractivity (Wildman–Crippen MR) is 89.1 cm³/mol. The van der Waals surface area contributed by atoms with Gasteiger partial charge in [0.05, 0.1) is 16.8 Å². The third-order valence-electron chi connectivity index (χ3n) is 3.13. The number of nitrogens with zero attached hydrogens (tertiary/aromatic N) is 1. The molecule has 1 aromatic rings. The smallest absolute Gasteiger partial charge is 0.338 e. The SMILES string of the molecule is C=CCCCC.Cc1c(C(=O)O)ccc(N(C)C)c1C(=O)O. The van der Waals surface area contributed by atoms with Gasteiger partial charge in [0, 0.05) is 14.1 Å². The molecule has 0 amide bonds. The van der Waals surface area contributed by atoms with Crippen LogP contribution in [-0.2, 0) is 0 Å². The van der Waals surface area contributed by atoms with Crippen LogP contribution in [-0.4, -0.2) is 36.2 Å². The molecule has 0 spiro atoms. The monoisotopic (exact) mass is 307 g/mol. The fourth-order valence-corrected chi connectivity index (χ4v) is 1.92. The van der Waals surface area contributed by atoms with Crippen molar-refractivity contribution in [2.24, 2.45) is 0 Å². The van der Waals surface area contributed by atoms with Crippen molar-refractivity contribution < 1.29 is 19.8 Å². The van der Waals surface area contributed by atoms with Gasteiger partial charge in [0.25, 0.3) is 0 Å². The highest BCUT2D eigenvalue weighted by Gasteiger charge is 2.20. The summed E-state index contributed by atoms with van der Waals surface area (Å²) in [5, 5.41) is 18.0. The molecule has 0 heterocycles. The first-order chi connectivity index (χ1) is 10.3. The average Bonchev–Trinajstić information content (AvgIpc) is 2.44. The molecule has 5 heteroatoms. The van der Waals surface area contributed by atoms with Gasteiger partial charge in [-0.2, -0.15) is 0 Å². The van der Waals surface area contributed by atoms with E-state index in [0.717, 1.165) is 0 Å². The quantitative estimate of drug-likeness (QED) is 0.617. The highest BCUT2D eigenvalue weighted by Crippen LogP contribution is 2.25. The lowest BCUT2D eigenvalue weighted by molar-refractivity contribution is 0.0696. The van der Waals surface area contributed by atoms with Crippen LogP contribution < -0.4 is 4.90 Å². The Labute approximate surface area is 131 Å². The molecule has 2 N–H and O–H groups in total. The molecule has 0 aromatic heterocycles. The van der Waals surface area contributed by atoms with Crippen molar-refractivity contribution in [1.82, 2.24) is 0 Å². The Kier molecular flexibility index (Phi) is 8.60. The molecule has 0 atom stereocenters. The number of carboxylic acids is 2. The highest BCUT2D eigenvalue weighted by atomic mass is 16.4. The molecule has 1 aromatic carbocycles. The largest absolute Gasteiger partial charge is 0.478 e. The number of carboxylic acid groups (broad SMARTS) is 2. The predicted octanol–water partition coefficient (Wildman–Crippen LogP) is 3.82. The fraction of sp³-hybridized carbons (Fsp3) is 0.412. The minimum atomic E-state index is -1.12. The van der Waals surface area contributed by atoms with Crippen molar-refractivity contribution in [2.75, 3.05) is 19.0 Å². The molecule has 0 bridgehead atoms. The van der Waals surface area contributed by atoms with Gasteiger partial charge in [0.2, 0.25) is 0 Å². The lowest BCUT2D eigenvalue weighted by Gasteiger charge is -2.18. The zero-order valence-corrected chi connectivity index (χ0v) is 13.7. The summed E-state index contributed by atoms with van der Waals surface area (Å²) in [7, 11) is 3.42. The number of aromatic carboxylic acids is 2. The Bertz CT molecular complexity index is 536. The van der Waals surface area contributed by atoms with E-state index < -0.39 is 11.9 Å². The molecule has 0 unspecified atom stereocenters. The third kappa shape index (κ3) is 5.60. The minimum absolute atomic E-state index is 0.0167. The van der Waals surface area contributed by atoms with Gasteiger partial charge >= 0.3 is 11.9 Å². The van der Waals surface area contributed by atoms with E-state index in [9.17, 15) is 9.59 Å². The van der Waals surface area contributed by atoms with E-state index in [-0.39, 0.29) is 16.7 Å². The number of hydrogen-bond acceptors (Lipinski definition) is 3. The summed E-state index contributed by atoms with van der Waals surface area (Å²) in [5.41, 5.74) is 0.814. The minimum Gasteiger partial charge on any atom is -0.478 e. The summed E-state index contributed by atoms with van der Waals surface area (Å²) in [6.45, 7) is 7.28. The molecule has 22 heavy (non-hydrogen) atoms. The van der Waals surface area contributed by atoms with Crippen LogP contribution in [0.5, 0.6) is 0 Å². The second-order valence-corrected chi connectivity index (χ2v) is 5.07. The van der Waals surface area contributed by atoms with Crippen molar-refractivity contribution in [2.45, 2.75) is 33.1 Å². The molecule has 0 radical (unpaired) electrons. The van der Waals surface area contributed by atoms with E-state index in [0.29, 0.717) is 5.69 Å². The third-order valence-corrected chi connectivity index (χ3v) is 3.13. The summed E-state index contributed by atoms with van der Waals surface area (Å²) in [4.78, 5) is 23.6. The fourth-order valence-electron chi connectivity index (χ4n) is 1.92. The lowest BCUT2D eigenvalue weighted by Crippen LogP contribution is -2.16. The van der Waals surface area contributed by atoms with Gasteiger partial charge in [-0.25, -0.2) is 9.59 Å². The summed E-state index contributed by atoms with van der Waals surface area (Å²) in [6.07, 6.45) is 5.72. The molecule has 0 aliphatic carbocycles. The molecular weight excluding hydrogens is 282 g/mol. The first-order valence-electron chi connectivity index (χ1n) is 7.16. The van der Waals surface area contributed by atoms with E-state index in [2.05, 4.69) is 13.5 Å². The van der Waals surface area contributed by atoms with Crippen LogP contribution in [0.25, 0.3) is 0 Å². The Morgan fingerprint density at radius 3 is 2.14 bits per heavy atom. The number of anilines is 1. The molecule has 1 rings (SSSR count). The Balaban J connectivity index is 0.000000626. The van der Waals surface area contributed by atoms with Gasteiger partial charge in [0.15, 0.2) is 0 Å². The van der Waals surface area contributed by atoms with Crippen molar-refractivity contribution in [3.05, 3.63) is 41.5 Å². The van der Waals surface area contributed by atoms with Gasteiger partial charge in [0.1, 0.15) is 0 Å². The van der Waals surface area contributed by atoms with E-state index in [1.54, 1.807) is 19.0 Å². The van der Waals surface area contributed by atoms with Crippen LogP contribution in [0.4, 0.5) is 5.69 Å². The van der Waals surface area contributed by atoms with Crippen LogP contribution in [0.15, 0.2) is 24.8 Å². The van der Waals surface area contributed by atoms with Crippen molar-refractivity contribution in [3.63, 3.8) is 0 Å². The van der Waals surface area contributed by atoms with Crippen molar-refractivity contribution >= 4 is 17.6 Å². The second kappa shape index (κ2) is 9.60. The average molecular weight is 307 g/mol. The standard InChI is InChI=1S/C11H13NO4.C6H12/c1-6-7(10(13)14)4-5-8(12(2)3)9(6)11(15)16;1-3-5-6-4-2/h4-5H,1-3H3,(H,13,14)(H,15,16);3H,1,4-6H2,2H3. The maximum atomic E-state index is 11.1. The second-order valence-electron chi connectivity index (χ2n) is 5.07. The van der Waals surface area contributed by atoms with Gasteiger partial charge < -0.3 is 15.1 Å². The van der Waals surface area contributed by atoms with E-state index >= 15 is 0 Å². The molecule has 0 saturated carbocycles. The highest BCUT2D eigenvalue weighted by molar-refractivity contribution is 6.01. The lowest BCUT2D eigenvalue weighted by atomic mass is 10.00. The Morgan fingerprint density at radius 2 is 1.82 bits per heavy atom. The van der Waals surface area contributed by atoms with E-state index in [1.807, 2.05) is 6.08 Å². The number of unbranched alkanes of at least 4 members (excludes halogenated alkanes) is 2. The molecule has 0 aliphatic rings. The van der Waals surface area contributed by atoms with Gasteiger partial charge in [-0.05, 0) is 31.0 Å². The van der Waals surface area contributed by atoms with Gasteiger partial charge in [-0.1, -0.05) is 25.8 Å². The zero-order chi connectivity index (χ0) is 17.3. The zero-order valence-electron chi connectivity index (χ0n) is 13.7. The summed E-state index contributed by atoms with van der Waals surface area (Å²) >= 11 is 0. The molecule has 0 aliphatic heterocycles. The molecule has 5 nitrogen and oxygen atoms in total. The molecule has 0 saturated heterocycles. The number of benzene rings is 1. The Morgan fingerprint density at radius 1 is 1.23 bits per heavy atom. The number of rotatable bonds is 6.